The Labute approximate surface area is 168 Å². The van der Waals surface area contributed by atoms with Crippen molar-refractivity contribution in [1.29, 1.82) is 0 Å². The van der Waals surface area contributed by atoms with Gasteiger partial charge in [-0.2, -0.15) is 0 Å². The molecule has 1 N–H and O–H groups in total. The first-order chi connectivity index (χ1) is 14.0. The third-order valence-electron chi connectivity index (χ3n) is 4.84. The summed E-state index contributed by atoms with van der Waals surface area (Å²) in [7, 11) is 0. The van der Waals surface area contributed by atoms with E-state index in [-0.39, 0.29) is 23.6 Å². The molecule has 0 aliphatic carbocycles. The van der Waals surface area contributed by atoms with Gasteiger partial charge in [0.25, 0.3) is 5.56 Å². The van der Waals surface area contributed by atoms with Gasteiger partial charge in [0.15, 0.2) is 0 Å². The number of pyridine rings is 1. The average molecular weight is 383 g/mol. The predicted octanol–water partition coefficient (Wildman–Crippen LogP) is 4.16. The van der Waals surface area contributed by atoms with Crippen molar-refractivity contribution in [2.45, 2.75) is 20.3 Å². The van der Waals surface area contributed by atoms with Gasteiger partial charge in [-0.25, -0.2) is 4.98 Å². The summed E-state index contributed by atoms with van der Waals surface area (Å²) in [4.78, 5) is 29.8. The Kier molecular flexibility index (Phi) is 4.96. The molecule has 0 atom stereocenters. The number of aromatic nitrogens is 2. The summed E-state index contributed by atoms with van der Waals surface area (Å²) in [5, 5.41) is 2.75. The highest BCUT2D eigenvalue weighted by Crippen LogP contribution is 2.19. The van der Waals surface area contributed by atoms with Crippen molar-refractivity contribution < 1.29 is 4.79 Å². The average Bonchev–Trinajstić information content (AvgIpc) is 2.73. The standard InChI is InChI=1S/C24H21N3O2/c1-16-8-13-21-25-17(2)23(24(29)27(21)15-16)26-22(28)14-18-9-11-20(12-10-18)19-6-4-3-5-7-19/h3-13,15H,14H2,1-2H3,(H,26,28). The molecule has 2 aromatic carbocycles. The SMILES string of the molecule is Cc1ccc2nc(C)c(NC(=O)Cc3ccc(-c4ccccc4)cc3)c(=O)n2c1. The fourth-order valence-electron chi connectivity index (χ4n) is 3.31. The van der Waals surface area contributed by atoms with Crippen molar-refractivity contribution in [3.8, 4) is 11.1 Å². The van der Waals surface area contributed by atoms with E-state index in [1.54, 1.807) is 19.2 Å². The van der Waals surface area contributed by atoms with E-state index >= 15 is 0 Å². The van der Waals surface area contributed by atoms with Crippen LogP contribution in [-0.2, 0) is 11.2 Å². The number of hydrogen-bond acceptors (Lipinski definition) is 3. The molecule has 5 nitrogen and oxygen atoms in total. The van der Waals surface area contributed by atoms with Crippen molar-refractivity contribution in [3.05, 3.63) is 100 Å². The molecule has 2 heterocycles. The predicted molar refractivity (Wildman–Crippen MR) is 115 cm³/mol. The van der Waals surface area contributed by atoms with Crippen LogP contribution in [0.25, 0.3) is 16.8 Å². The highest BCUT2D eigenvalue weighted by atomic mass is 16.2. The lowest BCUT2D eigenvalue weighted by Gasteiger charge is -2.10. The Morgan fingerprint density at radius 3 is 2.34 bits per heavy atom. The van der Waals surface area contributed by atoms with E-state index in [9.17, 15) is 9.59 Å². The van der Waals surface area contributed by atoms with Crippen LogP contribution in [0.3, 0.4) is 0 Å². The summed E-state index contributed by atoms with van der Waals surface area (Å²) in [6.45, 7) is 3.63. The van der Waals surface area contributed by atoms with E-state index in [2.05, 4.69) is 10.3 Å². The van der Waals surface area contributed by atoms with Gasteiger partial charge < -0.3 is 5.32 Å². The molecule has 0 saturated heterocycles. The normalized spacial score (nSPS) is 10.8. The fourth-order valence-corrected chi connectivity index (χ4v) is 3.31. The summed E-state index contributed by atoms with van der Waals surface area (Å²) in [5.41, 5.74) is 5.07. The van der Waals surface area contributed by atoms with Crippen LogP contribution < -0.4 is 10.9 Å². The van der Waals surface area contributed by atoms with Gasteiger partial charge in [-0.15, -0.1) is 0 Å². The van der Waals surface area contributed by atoms with Gasteiger partial charge >= 0.3 is 0 Å². The first-order valence-electron chi connectivity index (χ1n) is 9.45. The fraction of sp³-hybridized carbons (Fsp3) is 0.125. The van der Waals surface area contributed by atoms with E-state index in [4.69, 9.17) is 0 Å². The van der Waals surface area contributed by atoms with Crippen LogP contribution >= 0.6 is 0 Å². The highest BCUT2D eigenvalue weighted by Gasteiger charge is 2.13. The van der Waals surface area contributed by atoms with Gasteiger partial charge in [0, 0.05) is 6.20 Å². The molecule has 1 amide bonds. The third kappa shape index (κ3) is 3.94. The summed E-state index contributed by atoms with van der Waals surface area (Å²) in [5.74, 6) is -0.243. The zero-order valence-electron chi connectivity index (χ0n) is 16.3. The summed E-state index contributed by atoms with van der Waals surface area (Å²) in [6, 6.07) is 21.6. The summed E-state index contributed by atoms with van der Waals surface area (Å²) in [6.07, 6.45) is 1.91. The second-order valence-electron chi connectivity index (χ2n) is 7.10. The van der Waals surface area contributed by atoms with E-state index < -0.39 is 0 Å². The van der Waals surface area contributed by atoms with Crippen molar-refractivity contribution in [2.24, 2.45) is 0 Å². The lowest BCUT2D eigenvalue weighted by atomic mass is 10.0. The Balaban J connectivity index is 1.54. The van der Waals surface area contributed by atoms with Gasteiger partial charge in [0.1, 0.15) is 11.3 Å². The number of anilines is 1. The van der Waals surface area contributed by atoms with E-state index in [0.29, 0.717) is 11.3 Å². The number of amides is 1. The Bertz CT molecular complexity index is 1240. The van der Waals surface area contributed by atoms with Crippen LogP contribution in [0, 0.1) is 13.8 Å². The van der Waals surface area contributed by atoms with Crippen LogP contribution in [0.5, 0.6) is 0 Å². The Morgan fingerprint density at radius 1 is 0.931 bits per heavy atom. The van der Waals surface area contributed by atoms with Gasteiger partial charge in [0.2, 0.25) is 5.91 Å². The van der Waals surface area contributed by atoms with E-state index in [1.165, 1.54) is 4.40 Å². The molecule has 5 heteroatoms. The number of nitrogens with zero attached hydrogens (tertiary/aromatic N) is 2. The minimum Gasteiger partial charge on any atom is -0.320 e. The molecule has 4 aromatic rings. The van der Waals surface area contributed by atoms with Gasteiger partial charge in [-0.05, 0) is 42.2 Å². The maximum atomic E-state index is 12.8. The number of fused-ring (bicyclic) bond motifs is 1. The number of benzene rings is 2. The highest BCUT2D eigenvalue weighted by molar-refractivity contribution is 5.92. The van der Waals surface area contributed by atoms with Gasteiger partial charge in [0.05, 0.1) is 12.1 Å². The summed E-state index contributed by atoms with van der Waals surface area (Å²) < 4.78 is 1.46. The number of hydrogen-bond donors (Lipinski definition) is 1. The number of nitrogens with one attached hydrogen (secondary N) is 1. The number of carbonyl (C=O) groups excluding carboxylic acids is 1. The molecule has 144 valence electrons. The number of aryl methyl sites for hydroxylation is 2. The molecule has 0 radical (unpaired) electrons. The third-order valence-corrected chi connectivity index (χ3v) is 4.84. The molecule has 0 unspecified atom stereocenters. The zero-order valence-corrected chi connectivity index (χ0v) is 16.3. The molecule has 4 rings (SSSR count). The largest absolute Gasteiger partial charge is 0.320 e. The van der Waals surface area contributed by atoms with E-state index in [1.807, 2.05) is 67.6 Å². The maximum absolute atomic E-state index is 12.8. The Hall–Kier alpha value is -3.73. The first kappa shape index (κ1) is 18.6. The number of rotatable bonds is 4. The van der Waals surface area contributed by atoms with Crippen molar-refractivity contribution >= 4 is 17.2 Å². The minimum atomic E-state index is -0.274. The lowest BCUT2D eigenvalue weighted by Crippen LogP contribution is -2.26. The van der Waals surface area contributed by atoms with Crippen LogP contribution in [-0.4, -0.2) is 15.3 Å². The lowest BCUT2D eigenvalue weighted by molar-refractivity contribution is -0.115. The van der Waals surface area contributed by atoms with Gasteiger partial charge in [-0.3, -0.25) is 14.0 Å². The molecule has 0 spiro atoms. The molecule has 29 heavy (non-hydrogen) atoms. The smallest absolute Gasteiger partial charge is 0.281 e. The topological polar surface area (TPSA) is 63.5 Å². The second kappa shape index (κ2) is 7.72. The minimum absolute atomic E-state index is 0.185. The van der Waals surface area contributed by atoms with Crippen LogP contribution in [0.2, 0.25) is 0 Å². The van der Waals surface area contributed by atoms with Crippen LogP contribution in [0.4, 0.5) is 5.69 Å². The molecule has 0 fully saturated rings. The molecular weight excluding hydrogens is 362 g/mol. The van der Waals surface area contributed by atoms with Crippen molar-refractivity contribution in [3.63, 3.8) is 0 Å². The monoisotopic (exact) mass is 383 g/mol. The van der Waals surface area contributed by atoms with Crippen molar-refractivity contribution in [2.75, 3.05) is 5.32 Å². The quantitative estimate of drug-likeness (QED) is 0.576. The van der Waals surface area contributed by atoms with Crippen LogP contribution in [0.1, 0.15) is 16.8 Å². The summed E-state index contributed by atoms with van der Waals surface area (Å²) >= 11 is 0. The van der Waals surface area contributed by atoms with Gasteiger partial charge in [-0.1, -0.05) is 60.7 Å². The van der Waals surface area contributed by atoms with Crippen molar-refractivity contribution in [1.82, 2.24) is 9.38 Å². The molecule has 0 aliphatic heterocycles. The molecule has 0 saturated carbocycles. The molecule has 2 aromatic heterocycles. The van der Waals surface area contributed by atoms with Crippen LogP contribution in [0.15, 0.2) is 77.7 Å². The number of carbonyl (C=O) groups is 1. The first-order valence-corrected chi connectivity index (χ1v) is 9.45. The second-order valence-corrected chi connectivity index (χ2v) is 7.10. The molecular formula is C24H21N3O2. The Morgan fingerprint density at radius 2 is 1.62 bits per heavy atom. The maximum Gasteiger partial charge on any atom is 0.281 e. The zero-order chi connectivity index (χ0) is 20.4. The molecule has 0 aliphatic rings. The van der Waals surface area contributed by atoms with E-state index in [0.717, 1.165) is 22.3 Å². The molecule has 0 bridgehead atoms.